The highest BCUT2D eigenvalue weighted by Crippen LogP contribution is 2.55. The normalized spacial score (nSPS) is 24.7. The van der Waals surface area contributed by atoms with E-state index in [-0.39, 0.29) is 23.7 Å². The van der Waals surface area contributed by atoms with Gasteiger partial charge in [0, 0.05) is 18.5 Å². The number of amides is 1. The third-order valence-electron chi connectivity index (χ3n) is 7.64. The number of phenols is 1. The van der Waals surface area contributed by atoms with Crippen LogP contribution < -0.4 is 14.8 Å². The van der Waals surface area contributed by atoms with E-state index >= 15 is 0 Å². The van der Waals surface area contributed by atoms with E-state index in [1.54, 1.807) is 31.4 Å². The molecule has 3 N–H and O–H groups in total. The van der Waals surface area contributed by atoms with Crippen molar-refractivity contribution in [3.8, 4) is 17.2 Å². The molecule has 0 radical (unpaired) electrons. The Hall–Kier alpha value is -3.72. The van der Waals surface area contributed by atoms with E-state index in [1.165, 1.54) is 5.56 Å². The van der Waals surface area contributed by atoms with Crippen molar-refractivity contribution in [1.82, 2.24) is 10.2 Å². The molecule has 1 spiro atoms. The minimum absolute atomic E-state index is 0.141. The molecule has 3 aliphatic rings. The summed E-state index contributed by atoms with van der Waals surface area (Å²) in [5.74, 6) is 0.460. The monoisotopic (exact) mass is 508 g/mol. The molecule has 9 nitrogen and oxygen atoms in total. The van der Waals surface area contributed by atoms with Crippen molar-refractivity contribution in [3.05, 3.63) is 65.2 Å². The van der Waals surface area contributed by atoms with Crippen LogP contribution in [0, 0.1) is 0 Å². The summed E-state index contributed by atoms with van der Waals surface area (Å²) >= 11 is 0. The fraction of sp³-hybridized carbons (Fsp3) is 0.429. The van der Waals surface area contributed by atoms with E-state index in [2.05, 4.69) is 29.4 Å². The van der Waals surface area contributed by atoms with E-state index in [4.69, 9.17) is 14.2 Å². The van der Waals surface area contributed by atoms with Crippen LogP contribution in [0.1, 0.15) is 36.0 Å². The maximum atomic E-state index is 12.7. The van der Waals surface area contributed by atoms with Crippen LogP contribution in [0.3, 0.4) is 0 Å². The Morgan fingerprint density at radius 3 is 2.76 bits per heavy atom. The molecule has 0 unspecified atom stereocenters. The molecule has 2 aromatic rings. The first-order valence-electron chi connectivity index (χ1n) is 12.5. The summed E-state index contributed by atoms with van der Waals surface area (Å²) in [6, 6.07) is 9.47. The van der Waals surface area contributed by atoms with Crippen molar-refractivity contribution in [2.45, 2.75) is 55.9 Å². The van der Waals surface area contributed by atoms with Gasteiger partial charge >= 0.3 is 12.1 Å². The summed E-state index contributed by atoms with van der Waals surface area (Å²) in [5, 5.41) is 21.5. The predicted molar refractivity (Wildman–Crippen MR) is 135 cm³/mol. The number of aryl methyl sites for hydroxylation is 1. The van der Waals surface area contributed by atoms with Gasteiger partial charge < -0.3 is 34.6 Å². The standard InChI is InChI=1S/C28H32N2O7/c1-30-14-13-28-12-11-20(15-23(28)37-25-22(35-2)10-6-18(16-30)24(25)28)36-27(34)29-21(26(32)33)9-5-17-3-7-19(31)8-4-17/h3-4,6-8,10-12,20-21,23,31H,5,9,13-16H2,1-2H3,(H,29,34)(H,32,33)/t20-,21+,23-,28-/m0/s1. The highest BCUT2D eigenvalue weighted by atomic mass is 16.6. The smallest absolute Gasteiger partial charge is 0.408 e. The number of methoxy groups -OCH3 is 1. The third-order valence-corrected chi connectivity index (χ3v) is 7.64. The number of hydrogen-bond acceptors (Lipinski definition) is 7. The number of carboxylic acid groups (broad SMARTS) is 1. The number of carbonyl (C=O) groups is 2. The molecule has 2 heterocycles. The lowest BCUT2D eigenvalue weighted by Crippen LogP contribution is -2.46. The quantitative estimate of drug-likeness (QED) is 0.488. The van der Waals surface area contributed by atoms with Gasteiger partial charge in [0.15, 0.2) is 11.5 Å². The van der Waals surface area contributed by atoms with Crippen LogP contribution in [0.5, 0.6) is 17.2 Å². The van der Waals surface area contributed by atoms with Gasteiger partial charge in [-0.3, -0.25) is 0 Å². The number of aromatic hydroxyl groups is 1. The minimum Gasteiger partial charge on any atom is -0.508 e. The minimum atomic E-state index is -1.13. The van der Waals surface area contributed by atoms with Crippen molar-refractivity contribution in [3.63, 3.8) is 0 Å². The molecular formula is C28H32N2O7. The van der Waals surface area contributed by atoms with Crippen molar-refractivity contribution in [1.29, 1.82) is 0 Å². The summed E-state index contributed by atoms with van der Waals surface area (Å²) in [5.41, 5.74) is 2.90. The second-order valence-electron chi connectivity index (χ2n) is 10.0. The summed E-state index contributed by atoms with van der Waals surface area (Å²) < 4.78 is 17.7. The predicted octanol–water partition coefficient (Wildman–Crippen LogP) is 3.38. The Balaban J connectivity index is 1.27. The lowest BCUT2D eigenvalue weighted by atomic mass is 9.69. The summed E-state index contributed by atoms with van der Waals surface area (Å²) in [6.07, 6.45) is 4.39. The fourth-order valence-electron chi connectivity index (χ4n) is 5.70. The van der Waals surface area contributed by atoms with Crippen molar-refractivity contribution in [2.24, 2.45) is 0 Å². The summed E-state index contributed by atoms with van der Waals surface area (Å²) in [4.78, 5) is 26.7. The van der Waals surface area contributed by atoms with Gasteiger partial charge in [0.2, 0.25) is 0 Å². The van der Waals surface area contributed by atoms with Crippen LogP contribution in [-0.2, 0) is 27.9 Å². The molecule has 5 rings (SSSR count). The van der Waals surface area contributed by atoms with E-state index in [9.17, 15) is 19.8 Å². The SMILES string of the molecule is COc1ccc2c3c1O[C@H]1C[C@@H](OC(=O)N[C@H](CCc4ccc(O)cc4)C(=O)O)C=C[C@@]31CCN(C)C2. The van der Waals surface area contributed by atoms with E-state index in [1.807, 2.05) is 12.1 Å². The number of alkyl carbamates (subject to hydrolysis) is 1. The molecule has 196 valence electrons. The Morgan fingerprint density at radius 1 is 1.24 bits per heavy atom. The van der Waals surface area contributed by atoms with Crippen LogP contribution in [-0.4, -0.2) is 66.1 Å². The molecule has 0 saturated heterocycles. The molecule has 37 heavy (non-hydrogen) atoms. The number of carboxylic acids is 1. The maximum absolute atomic E-state index is 12.7. The first-order valence-corrected chi connectivity index (χ1v) is 12.5. The fourth-order valence-corrected chi connectivity index (χ4v) is 5.70. The van der Waals surface area contributed by atoms with Gasteiger partial charge in [0.1, 0.15) is 24.0 Å². The third kappa shape index (κ3) is 4.83. The van der Waals surface area contributed by atoms with Gasteiger partial charge in [0.25, 0.3) is 0 Å². The Labute approximate surface area is 215 Å². The number of ether oxygens (including phenoxy) is 3. The highest BCUT2D eigenvalue weighted by Gasteiger charge is 2.53. The average Bonchev–Trinajstić information content (AvgIpc) is 3.13. The van der Waals surface area contributed by atoms with Crippen molar-refractivity contribution in [2.75, 3.05) is 20.7 Å². The van der Waals surface area contributed by atoms with E-state index in [0.717, 1.165) is 36.4 Å². The van der Waals surface area contributed by atoms with E-state index in [0.29, 0.717) is 18.6 Å². The number of carbonyl (C=O) groups excluding carboxylic acids is 1. The van der Waals surface area contributed by atoms with Crippen LogP contribution in [0.15, 0.2) is 48.6 Å². The number of hydrogen-bond donors (Lipinski definition) is 3. The number of rotatable bonds is 7. The number of nitrogens with zero attached hydrogens (tertiary/aromatic N) is 1. The number of aliphatic carboxylic acids is 1. The first kappa shape index (κ1) is 25.0. The second kappa shape index (κ2) is 9.97. The number of phenolic OH excluding ortho intramolecular Hbond substituents is 1. The molecule has 1 amide bonds. The number of benzene rings is 2. The van der Waals surface area contributed by atoms with Gasteiger partial charge in [-0.15, -0.1) is 0 Å². The Kier molecular flexibility index (Phi) is 6.72. The highest BCUT2D eigenvalue weighted by molar-refractivity contribution is 5.80. The summed E-state index contributed by atoms with van der Waals surface area (Å²) in [7, 11) is 3.74. The molecule has 0 aromatic heterocycles. The zero-order valence-corrected chi connectivity index (χ0v) is 21.0. The molecule has 9 heteroatoms. The van der Waals surface area contributed by atoms with Gasteiger partial charge in [-0.05, 0) is 68.3 Å². The van der Waals surface area contributed by atoms with Crippen LogP contribution in [0.2, 0.25) is 0 Å². The zero-order chi connectivity index (χ0) is 26.2. The molecule has 4 atom stereocenters. The van der Waals surface area contributed by atoms with Crippen LogP contribution in [0.4, 0.5) is 4.79 Å². The molecule has 0 fully saturated rings. The average molecular weight is 509 g/mol. The van der Waals surface area contributed by atoms with Gasteiger partial charge in [-0.2, -0.15) is 0 Å². The molecule has 0 saturated carbocycles. The van der Waals surface area contributed by atoms with Gasteiger partial charge in [-0.25, -0.2) is 9.59 Å². The molecule has 2 aromatic carbocycles. The van der Waals surface area contributed by atoms with E-state index < -0.39 is 24.2 Å². The topological polar surface area (TPSA) is 118 Å². The molecule has 1 aliphatic carbocycles. The lowest BCUT2D eigenvalue weighted by molar-refractivity contribution is -0.139. The maximum Gasteiger partial charge on any atom is 0.408 e. The molecule has 2 aliphatic heterocycles. The Morgan fingerprint density at radius 2 is 2.03 bits per heavy atom. The summed E-state index contributed by atoms with van der Waals surface area (Å²) in [6.45, 7) is 1.72. The number of nitrogens with one attached hydrogen (secondary N) is 1. The molecule has 0 bridgehead atoms. The van der Waals surface area contributed by atoms with Gasteiger partial charge in [0.05, 0.1) is 12.5 Å². The Bertz CT molecular complexity index is 1210. The van der Waals surface area contributed by atoms with Crippen molar-refractivity contribution < 1.29 is 34.0 Å². The van der Waals surface area contributed by atoms with Crippen LogP contribution in [0.25, 0.3) is 0 Å². The first-order chi connectivity index (χ1) is 17.8. The zero-order valence-electron chi connectivity index (χ0n) is 21.0. The lowest BCUT2D eigenvalue weighted by Gasteiger charge is -2.36. The van der Waals surface area contributed by atoms with Crippen molar-refractivity contribution >= 4 is 12.1 Å². The molecular weight excluding hydrogens is 476 g/mol. The largest absolute Gasteiger partial charge is 0.508 e. The second-order valence-corrected chi connectivity index (χ2v) is 10.0. The van der Waals surface area contributed by atoms with Crippen LogP contribution >= 0.6 is 0 Å². The van der Waals surface area contributed by atoms with Gasteiger partial charge in [-0.1, -0.05) is 24.3 Å².